The van der Waals surface area contributed by atoms with Gasteiger partial charge in [0, 0.05) is 35.4 Å². The van der Waals surface area contributed by atoms with E-state index in [1.54, 1.807) is 0 Å². The first-order chi connectivity index (χ1) is 10.3. The van der Waals surface area contributed by atoms with E-state index in [0.717, 1.165) is 23.7 Å². The van der Waals surface area contributed by atoms with Gasteiger partial charge in [0.2, 0.25) is 0 Å². The van der Waals surface area contributed by atoms with E-state index in [4.69, 9.17) is 5.73 Å². The summed E-state index contributed by atoms with van der Waals surface area (Å²) in [7, 11) is 0. The highest BCUT2D eigenvalue weighted by Gasteiger charge is 2.29. The lowest BCUT2D eigenvalue weighted by atomic mass is 9.91. The molecular formula is C18H17N3. The number of fused-ring (bicyclic) bond motifs is 2. The van der Waals surface area contributed by atoms with Crippen molar-refractivity contribution >= 4 is 10.9 Å². The van der Waals surface area contributed by atoms with Crippen molar-refractivity contribution in [2.45, 2.75) is 24.8 Å². The van der Waals surface area contributed by atoms with Gasteiger partial charge in [-0.25, -0.2) is 0 Å². The zero-order chi connectivity index (χ0) is 14.2. The lowest BCUT2D eigenvalue weighted by Gasteiger charge is -2.20. The van der Waals surface area contributed by atoms with Crippen LogP contribution in [0.3, 0.4) is 0 Å². The van der Waals surface area contributed by atoms with Crippen molar-refractivity contribution in [3.8, 4) is 0 Å². The summed E-state index contributed by atoms with van der Waals surface area (Å²) in [5.41, 5.74) is 11.2. The predicted molar refractivity (Wildman–Crippen MR) is 84.0 cm³/mol. The molecule has 0 saturated heterocycles. The molecule has 1 aromatic carbocycles. The molecule has 2 heterocycles. The number of hydrogen-bond donors (Lipinski definition) is 1. The van der Waals surface area contributed by atoms with Gasteiger partial charge in [0.05, 0.1) is 5.52 Å². The van der Waals surface area contributed by atoms with Crippen LogP contribution < -0.4 is 5.73 Å². The monoisotopic (exact) mass is 275 g/mol. The summed E-state index contributed by atoms with van der Waals surface area (Å²) < 4.78 is 0. The minimum absolute atomic E-state index is 0.00856. The summed E-state index contributed by atoms with van der Waals surface area (Å²) in [4.78, 5) is 8.92. The third-order valence-corrected chi connectivity index (χ3v) is 4.45. The summed E-state index contributed by atoms with van der Waals surface area (Å²) in [6.07, 6.45) is 5.85. The molecule has 21 heavy (non-hydrogen) atoms. The molecule has 2 atom stereocenters. The van der Waals surface area contributed by atoms with Crippen molar-refractivity contribution in [2.24, 2.45) is 5.73 Å². The van der Waals surface area contributed by atoms with E-state index in [-0.39, 0.29) is 6.04 Å². The fourth-order valence-electron chi connectivity index (χ4n) is 3.33. The van der Waals surface area contributed by atoms with E-state index in [2.05, 4.69) is 40.3 Å². The van der Waals surface area contributed by atoms with Crippen molar-refractivity contribution in [3.05, 3.63) is 71.7 Å². The van der Waals surface area contributed by atoms with Crippen LogP contribution in [-0.2, 0) is 6.42 Å². The van der Waals surface area contributed by atoms with Crippen molar-refractivity contribution in [3.63, 3.8) is 0 Å². The Morgan fingerprint density at radius 2 is 1.90 bits per heavy atom. The molecule has 0 saturated carbocycles. The third kappa shape index (κ3) is 2.10. The molecule has 1 aliphatic carbocycles. The lowest BCUT2D eigenvalue weighted by Crippen LogP contribution is -2.18. The Hall–Kier alpha value is -2.26. The molecule has 3 nitrogen and oxygen atoms in total. The van der Waals surface area contributed by atoms with Gasteiger partial charge in [-0.15, -0.1) is 0 Å². The molecule has 0 amide bonds. The molecule has 2 aromatic heterocycles. The van der Waals surface area contributed by atoms with Gasteiger partial charge in [-0.1, -0.05) is 18.2 Å². The SMILES string of the molecule is NC(c1ccc2ncccc2c1)C1CCc2cccnc21. The normalized spacial score (nSPS) is 18.6. The number of aromatic nitrogens is 2. The second-order valence-corrected chi connectivity index (χ2v) is 5.67. The molecule has 0 radical (unpaired) electrons. The van der Waals surface area contributed by atoms with E-state index in [0.29, 0.717) is 5.92 Å². The second kappa shape index (κ2) is 4.93. The Labute approximate surface area is 123 Å². The smallest absolute Gasteiger partial charge is 0.0702 e. The van der Waals surface area contributed by atoms with E-state index < -0.39 is 0 Å². The minimum Gasteiger partial charge on any atom is -0.323 e. The molecule has 104 valence electrons. The summed E-state index contributed by atoms with van der Waals surface area (Å²) in [5.74, 6) is 0.315. The fourth-order valence-corrected chi connectivity index (χ4v) is 3.33. The number of hydrogen-bond acceptors (Lipinski definition) is 3. The molecule has 0 spiro atoms. The summed E-state index contributed by atoms with van der Waals surface area (Å²) in [6, 6.07) is 14.5. The third-order valence-electron chi connectivity index (χ3n) is 4.45. The topological polar surface area (TPSA) is 51.8 Å². The maximum absolute atomic E-state index is 6.55. The number of aryl methyl sites for hydroxylation is 1. The minimum atomic E-state index is -0.00856. The number of pyridine rings is 2. The number of nitrogens with two attached hydrogens (primary N) is 1. The average molecular weight is 275 g/mol. The van der Waals surface area contributed by atoms with Gasteiger partial charge >= 0.3 is 0 Å². The van der Waals surface area contributed by atoms with Crippen LogP contribution in [0.4, 0.5) is 0 Å². The van der Waals surface area contributed by atoms with E-state index in [1.165, 1.54) is 16.8 Å². The maximum Gasteiger partial charge on any atom is 0.0702 e. The largest absolute Gasteiger partial charge is 0.323 e. The van der Waals surface area contributed by atoms with Crippen molar-refractivity contribution in [1.29, 1.82) is 0 Å². The standard InChI is InChI=1S/C18H17N3/c19-17(15-7-5-12-3-1-10-21-18(12)15)14-6-8-16-13(11-14)4-2-9-20-16/h1-4,6,8-11,15,17H,5,7,19H2. The zero-order valence-corrected chi connectivity index (χ0v) is 11.7. The fraction of sp³-hybridized carbons (Fsp3) is 0.222. The van der Waals surface area contributed by atoms with E-state index in [9.17, 15) is 0 Å². The van der Waals surface area contributed by atoms with Crippen LogP contribution in [-0.4, -0.2) is 9.97 Å². The summed E-state index contributed by atoms with van der Waals surface area (Å²) in [5, 5.41) is 1.14. The van der Waals surface area contributed by atoms with Crippen LogP contribution in [0.15, 0.2) is 54.9 Å². The maximum atomic E-state index is 6.55. The molecular weight excluding hydrogens is 258 g/mol. The first-order valence-corrected chi connectivity index (χ1v) is 7.37. The van der Waals surface area contributed by atoms with E-state index >= 15 is 0 Å². The van der Waals surface area contributed by atoms with Gasteiger partial charge in [-0.3, -0.25) is 9.97 Å². The zero-order valence-electron chi connectivity index (χ0n) is 11.7. The lowest BCUT2D eigenvalue weighted by molar-refractivity contribution is 0.541. The van der Waals surface area contributed by atoms with Crippen molar-refractivity contribution in [2.75, 3.05) is 0 Å². The Morgan fingerprint density at radius 3 is 2.86 bits per heavy atom. The molecule has 1 aliphatic rings. The first-order valence-electron chi connectivity index (χ1n) is 7.37. The van der Waals surface area contributed by atoms with Crippen molar-refractivity contribution in [1.82, 2.24) is 9.97 Å². The van der Waals surface area contributed by atoms with Crippen LogP contribution in [0.5, 0.6) is 0 Å². The molecule has 0 aliphatic heterocycles. The van der Waals surface area contributed by atoms with Crippen LogP contribution in [0.2, 0.25) is 0 Å². The highest BCUT2D eigenvalue weighted by Crippen LogP contribution is 2.39. The number of rotatable bonds is 2. The molecule has 0 fully saturated rings. The molecule has 4 rings (SSSR count). The van der Waals surface area contributed by atoms with Crippen LogP contribution in [0.1, 0.15) is 35.2 Å². The first kappa shape index (κ1) is 12.5. The van der Waals surface area contributed by atoms with Gasteiger partial charge in [0.25, 0.3) is 0 Å². The Bertz CT molecular complexity index is 797. The highest BCUT2D eigenvalue weighted by atomic mass is 14.8. The summed E-state index contributed by atoms with van der Waals surface area (Å²) in [6.45, 7) is 0. The highest BCUT2D eigenvalue weighted by molar-refractivity contribution is 5.79. The molecule has 3 aromatic rings. The van der Waals surface area contributed by atoms with Gasteiger partial charge in [-0.05, 0) is 48.2 Å². The average Bonchev–Trinajstić information content (AvgIpc) is 2.98. The Morgan fingerprint density at radius 1 is 1.05 bits per heavy atom. The van der Waals surface area contributed by atoms with Crippen LogP contribution in [0, 0.1) is 0 Å². The quantitative estimate of drug-likeness (QED) is 0.780. The van der Waals surface area contributed by atoms with Crippen LogP contribution in [0.25, 0.3) is 10.9 Å². The van der Waals surface area contributed by atoms with Gasteiger partial charge < -0.3 is 5.73 Å². The number of benzene rings is 1. The molecule has 0 bridgehead atoms. The van der Waals surface area contributed by atoms with E-state index in [1.807, 2.05) is 24.5 Å². The predicted octanol–water partition coefficient (Wildman–Crippen LogP) is 3.36. The van der Waals surface area contributed by atoms with Crippen LogP contribution >= 0.6 is 0 Å². The molecule has 3 heteroatoms. The number of nitrogens with zero attached hydrogens (tertiary/aromatic N) is 2. The molecule has 2 unspecified atom stereocenters. The Kier molecular flexibility index (Phi) is 2.93. The second-order valence-electron chi connectivity index (χ2n) is 5.67. The molecule has 2 N–H and O–H groups in total. The summed E-state index contributed by atoms with van der Waals surface area (Å²) >= 11 is 0. The van der Waals surface area contributed by atoms with Gasteiger partial charge in [0.15, 0.2) is 0 Å². The van der Waals surface area contributed by atoms with Crippen molar-refractivity contribution < 1.29 is 0 Å². The van der Waals surface area contributed by atoms with Gasteiger partial charge in [0.1, 0.15) is 0 Å². The van der Waals surface area contributed by atoms with Gasteiger partial charge in [-0.2, -0.15) is 0 Å². The Balaban J connectivity index is 1.72.